The maximum absolute atomic E-state index is 11.3. The summed E-state index contributed by atoms with van der Waals surface area (Å²) in [5.41, 5.74) is 8.95. The standard InChI is InChI=1S/C12H17BrN2O/c1-4-5-6-9-7(2)10(12(14)16)11(13)15-8(9)3/h4-6H2,1-3H3,(H2,14,16). The predicted molar refractivity (Wildman–Crippen MR) is 68.5 cm³/mol. The Morgan fingerprint density at radius 1 is 1.44 bits per heavy atom. The molecule has 88 valence electrons. The van der Waals surface area contributed by atoms with Crippen molar-refractivity contribution in [3.05, 3.63) is 27.0 Å². The van der Waals surface area contributed by atoms with Gasteiger partial charge in [-0.25, -0.2) is 4.98 Å². The molecule has 1 aromatic heterocycles. The average Bonchev–Trinajstić information content (AvgIpc) is 2.16. The summed E-state index contributed by atoms with van der Waals surface area (Å²) in [6, 6.07) is 0. The van der Waals surface area contributed by atoms with Crippen molar-refractivity contribution in [2.75, 3.05) is 0 Å². The second kappa shape index (κ2) is 5.43. The molecule has 0 aliphatic heterocycles. The van der Waals surface area contributed by atoms with Crippen molar-refractivity contribution in [2.45, 2.75) is 40.0 Å². The molecule has 0 aliphatic carbocycles. The lowest BCUT2D eigenvalue weighted by atomic mass is 9.98. The van der Waals surface area contributed by atoms with Crippen LogP contribution in [0, 0.1) is 13.8 Å². The topological polar surface area (TPSA) is 56.0 Å². The number of primary amides is 1. The Labute approximate surface area is 105 Å². The Morgan fingerprint density at radius 3 is 2.56 bits per heavy atom. The molecule has 0 aliphatic rings. The second-order valence-electron chi connectivity index (χ2n) is 3.93. The van der Waals surface area contributed by atoms with Crippen LogP contribution >= 0.6 is 15.9 Å². The minimum Gasteiger partial charge on any atom is -0.366 e. The highest BCUT2D eigenvalue weighted by Gasteiger charge is 2.16. The van der Waals surface area contributed by atoms with Gasteiger partial charge >= 0.3 is 0 Å². The molecule has 0 unspecified atom stereocenters. The first-order valence-corrected chi connectivity index (χ1v) is 6.23. The summed E-state index contributed by atoms with van der Waals surface area (Å²) in [6.07, 6.45) is 3.18. The maximum atomic E-state index is 11.3. The van der Waals surface area contributed by atoms with Crippen LogP contribution in [0.4, 0.5) is 0 Å². The Morgan fingerprint density at radius 2 is 2.06 bits per heavy atom. The zero-order valence-electron chi connectivity index (χ0n) is 9.93. The summed E-state index contributed by atoms with van der Waals surface area (Å²) in [7, 11) is 0. The van der Waals surface area contributed by atoms with Gasteiger partial charge in [0.2, 0.25) is 0 Å². The average molecular weight is 285 g/mol. The number of hydrogen-bond donors (Lipinski definition) is 1. The summed E-state index contributed by atoms with van der Waals surface area (Å²) in [5, 5.41) is 0. The lowest BCUT2D eigenvalue weighted by molar-refractivity contribution is 0.0998. The van der Waals surface area contributed by atoms with E-state index < -0.39 is 5.91 Å². The lowest BCUT2D eigenvalue weighted by Gasteiger charge is -2.13. The third kappa shape index (κ3) is 2.61. The first-order chi connectivity index (χ1) is 7.49. The Balaban J connectivity index is 3.27. The number of pyridine rings is 1. The fourth-order valence-electron chi connectivity index (χ4n) is 1.86. The molecule has 0 saturated carbocycles. The molecule has 0 spiro atoms. The molecule has 16 heavy (non-hydrogen) atoms. The number of amides is 1. The zero-order valence-corrected chi connectivity index (χ0v) is 11.5. The van der Waals surface area contributed by atoms with Gasteiger partial charge < -0.3 is 5.73 Å². The highest BCUT2D eigenvalue weighted by molar-refractivity contribution is 9.10. The Bertz CT molecular complexity index is 416. The van der Waals surface area contributed by atoms with E-state index in [4.69, 9.17) is 5.73 Å². The largest absolute Gasteiger partial charge is 0.366 e. The fraction of sp³-hybridized carbons (Fsp3) is 0.500. The minimum absolute atomic E-state index is 0.422. The van der Waals surface area contributed by atoms with E-state index in [-0.39, 0.29) is 0 Å². The quantitative estimate of drug-likeness (QED) is 0.865. The third-order valence-electron chi connectivity index (χ3n) is 2.76. The van der Waals surface area contributed by atoms with Gasteiger partial charge in [-0.05, 0) is 53.7 Å². The van der Waals surface area contributed by atoms with E-state index in [2.05, 4.69) is 27.8 Å². The monoisotopic (exact) mass is 284 g/mol. The van der Waals surface area contributed by atoms with E-state index in [1.165, 1.54) is 0 Å². The molecule has 3 nitrogen and oxygen atoms in total. The highest BCUT2D eigenvalue weighted by atomic mass is 79.9. The third-order valence-corrected chi connectivity index (χ3v) is 3.34. The van der Waals surface area contributed by atoms with Crippen LogP contribution in [0.25, 0.3) is 0 Å². The molecular weight excluding hydrogens is 268 g/mol. The summed E-state index contributed by atoms with van der Waals surface area (Å²) < 4.78 is 0.551. The molecule has 0 radical (unpaired) electrons. The van der Waals surface area contributed by atoms with E-state index in [1.807, 2.05) is 13.8 Å². The maximum Gasteiger partial charge on any atom is 0.251 e. The second-order valence-corrected chi connectivity index (χ2v) is 4.69. The number of carbonyl (C=O) groups excluding carboxylic acids is 1. The van der Waals surface area contributed by atoms with Gasteiger partial charge in [-0.2, -0.15) is 0 Å². The molecule has 2 N–H and O–H groups in total. The van der Waals surface area contributed by atoms with Gasteiger partial charge in [-0.1, -0.05) is 13.3 Å². The molecular formula is C12H17BrN2O. The summed E-state index contributed by atoms with van der Waals surface area (Å²) in [5.74, 6) is -0.422. The molecule has 1 aromatic rings. The van der Waals surface area contributed by atoms with E-state index in [0.29, 0.717) is 10.2 Å². The van der Waals surface area contributed by atoms with Crippen LogP contribution in [-0.2, 0) is 6.42 Å². The van der Waals surface area contributed by atoms with Crippen molar-refractivity contribution in [1.29, 1.82) is 0 Å². The van der Waals surface area contributed by atoms with Crippen molar-refractivity contribution in [2.24, 2.45) is 5.73 Å². The van der Waals surface area contributed by atoms with Gasteiger partial charge in [0.15, 0.2) is 0 Å². The van der Waals surface area contributed by atoms with Gasteiger partial charge in [0.25, 0.3) is 5.91 Å². The molecule has 4 heteroatoms. The molecule has 0 atom stereocenters. The molecule has 0 aromatic carbocycles. The van der Waals surface area contributed by atoms with Crippen LogP contribution in [0.5, 0.6) is 0 Å². The lowest BCUT2D eigenvalue weighted by Crippen LogP contribution is -2.16. The predicted octanol–water partition coefficient (Wildman–Crippen LogP) is 2.90. The SMILES string of the molecule is CCCCc1c(C)nc(Br)c(C(N)=O)c1C. The van der Waals surface area contributed by atoms with Crippen LogP contribution in [0.1, 0.15) is 46.9 Å². The number of carbonyl (C=O) groups is 1. The summed E-state index contributed by atoms with van der Waals surface area (Å²) in [4.78, 5) is 15.7. The number of rotatable bonds is 4. The zero-order chi connectivity index (χ0) is 12.3. The van der Waals surface area contributed by atoms with E-state index >= 15 is 0 Å². The number of nitrogens with zero attached hydrogens (tertiary/aromatic N) is 1. The fourth-order valence-corrected chi connectivity index (χ4v) is 2.61. The van der Waals surface area contributed by atoms with Crippen molar-refractivity contribution >= 4 is 21.8 Å². The number of unbranched alkanes of at least 4 members (excludes halogenated alkanes) is 1. The minimum atomic E-state index is -0.422. The van der Waals surface area contributed by atoms with Crippen molar-refractivity contribution in [3.8, 4) is 0 Å². The summed E-state index contributed by atoms with van der Waals surface area (Å²) in [6.45, 7) is 6.05. The van der Waals surface area contributed by atoms with Crippen molar-refractivity contribution < 1.29 is 4.79 Å². The number of hydrogen-bond acceptors (Lipinski definition) is 2. The van der Waals surface area contributed by atoms with Crippen LogP contribution in [-0.4, -0.2) is 10.9 Å². The molecule has 1 rings (SSSR count). The smallest absolute Gasteiger partial charge is 0.251 e. The normalized spacial score (nSPS) is 10.5. The van der Waals surface area contributed by atoms with Crippen LogP contribution in [0.2, 0.25) is 0 Å². The van der Waals surface area contributed by atoms with E-state index in [0.717, 1.165) is 36.1 Å². The van der Waals surface area contributed by atoms with Crippen LogP contribution in [0.15, 0.2) is 4.60 Å². The number of halogens is 1. The van der Waals surface area contributed by atoms with Crippen LogP contribution in [0.3, 0.4) is 0 Å². The first kappa shape index (κ1) is 13.2. The first-order valence-electron chi connectivity index (χ1n) is 5.44. The van der Waals surface area contributed by atoms with Gasteiger partial charge in [0.05, 0.1) is 5.56 Å². The molecule has 0 fully saturated rings. The molecule has 1 heterocycles. The van der Waals surface area contributed by atoms with E-state index in [1.54, 1.807) is 0 Å². The highest BCUT2D eigenvalue weighted by Crippen LogP contribution is 2.24. The molecule has 0 saturated heterocycles. The Kier molecular flexibility index (Phi) is 4.47. The van der Waals surface area contributed by atoms with E-state index in [9.17, 15) is 4.79 Å². The Hall–Kier alpha value is -0.900. The number of nitrogens with two attached hydrogens (primary N) is 1. The van der Waals surface area contributed by atoms with Crippen LogP contribution < -0.4 is 5.73 Å². The van der Waals surface area contributed by atoms with Gasteiger partial charge in [-0.15, -0.1) is 0 Å². The number of aryl methyl sites for hydroxylation is 1. The van der Waals surface area contributed by atoms with Crippen molar-refractivity contribution in [3.63, 3.8) is 0 Å². The van der Waals surface area contributed by atoms with Gasteiger partial charge in [0, 0.05) is 5.69 Å². The molecule has 0 bridgehead atoms. The van der Waals surface area contributed by atoms with Gasteiger partial charge in [-0.3, -0.25) is 4.79 Å². The van der Waals surface area contributed by atoms with Crippen molar-refractivity contribution in [1.82, 2.24) is 4.98 Å². The summed E-state index contributed by atoms with van der Waals surface area (Å²) >= 11 is 3.29. The molecule has 1 amide bonds. The van der Waals surface area contributed by atoms with Gasteiger partial charge in [0.1, 0.15) is 4.60 Å². The number of aromatic nitrogens is 1.